The molecule has 0 radical (unpaired) electrons. The van der Waals surface area contributed by atoms with Crippen molar-refractivity contribution >= 4 is 32.6 Å². The highest BCUT2D eigenvalue weighted by atomic mass is 15.0. The van der Waals surface area contributed by atoms with Crippen LogP contribution in [0.4, 0.5) is 0 Å². The summed E-state index contributed by atoms with van der Waals surface area (Å²) in [6, 6.07) is 44.6. The Bertz CT molecular complexity index is 2160. The van der Waals surface area contributed by atoms with E-state index >= 15 is 0 Å². The van der Waals surface area contributed by atoms with Crippen LogP contribution in [0.2, 0.25) is 0 Å². The predicted molar refractivity (Wildman–Crippen MR) is 168 cm³/mol. The molecule has 192 valence electrons. The highest BCUT2D eigenvalue weighted by molar-refractivity contribution is 6.08. The van der Waals surface area contributed by atoms with E-state index in [0.29, 0.717) is 0 Å². The molecule has 0 spiro atoms. The van der Waals surface area contributed by atoms with Crippen LogP contribution >= 0.6 is 0 Å². The number of rotatable bonds is 4. The molecular weight excluding hydrogens is 500 g/mol. The van der Waals surface area contributed by atoms with E-state index in [9.17, 15) is 0 Å². The van der Waals surface area contributed by atoms with Gasteiger partial charge in [-0.1, -0.05) is 72.8 Å². The standard InChI is InChI=1S/C37H24N4/c1-2-9-26-20-27(16-15-25(26)8-1)29-22-34(40-35(23-29)33-13-5-6-18-39-33)28-10-7-11-30(21-28)41-36-14-4-3-12-31(36)32-24-38-19-17-37(32)41/h1-24H. The van der Waals surface area contributed by atoms with Crippen molar-refractivity contribution in [3.8, 4) is 39.5 Å². The minimum atomic E-state index is 0.847. The summed E-state index contributed by atoms with van der Waals surface area (Å²) >= 11 is 0. The molecule has 8 rings (SSSR count). The van der Waals surface area contributed by atoms with Crippen molar-refractivity contribution < 1.29 is 0 Å². The summed E-state index contributed by atoms with van der Waals surface area (Å²) in [7, 11) is 0. The Hall–Kier alpha value is -5.61. The van der Waals surface area contributed by atoms with E-state index in [-0.39, 0.29) is 0 Å². The van der Waals surface area contributed by atoms with Gasteiger partial charge in [0.15, 0.2) is 0 Å². The molecule has 4 aromatic heterocycles. The van der Waals surface area contributed by atoms with E-state index in [4.69, 9.17) is 4.98 Å². The zero-order valence-corrected chi connectivity index (χ0v) is 22.1. The van der Waals surface area contributed by atoms with Crippen molar-refractivity contribution in [1.29, 1.82) is 0 Å². The highest BCUT2D eigenvalue weighted by Crippen LogP contribution is 2.35. The first-order chi connectivity index (χ1) is 20.3. The van der Waals surface area contributed by atoms with E-state index in [2.05, 4.69) is 124 Å². The first kappa shape index (κ1) is 23.3. The molecule has 0 N–H and O–H groups in total. The quantitative estimate of drug-likeness (QED) is 0.231. The second-order valence-electron chi connectivity index (χ2n) is 10.2. The van der Waals surface area contributed by atoms with E-state index < -0.39 is 0 Å². The van der Waals surface area contributed by atoms with Gasteiger partial charge in [-0.25, -0.2) is 4.98 Å². The molecule has 4 heteroatoms. The van der Waals surface area contributed by atoms with E-state index in [1.54, 1.807) is 0 Å². The molecule has 0 amide bonds. The van der Waals surface area contributed by atoms with Crippen molar-refractivity contribution in [3.63, 3.8) is 0 Å². The fourth-order valence-electron chi connectivity index (χ4n) is 5.76. The fraction of sp³-hybridized carbons (Fsp3) is 0. The molecule has 4 aromatic carbocycles. The molecular formula is C37H24N4. The van der Waals surface area contributed by atoms with Gasteiger partial charge >= 0.3 is 0 Å². The lowest BCUT2D eigenvalue weighted by Gasteiger charge is -2.13. The Morgan fingerprint density at radius 3 is 2.22 bits per heavy atom. The van der Waals surface area contributed by atoms with Crippen LogP contribution in [0.5, 0.6) is 0 Å². The Morgan fingerprint density at radius 1 is 0.463 bits per heavy atom. The smallest absolute Gasteiger partial charge is 0.0899 e. The zero-order chi connectivity index (χ0) is 27.2. The maximum atomic E-state index is 5.13. The molecule has 0 saturated heterocycles. The first-order valence-electron chi connectivity index (χ1n) is 13.7. The molecule has 0 aliphatic carbocycles. The highest BCUT2D eigenvalue weighted by Gasteiger charge is 2.14. The summed E-state index contributed by atoms with van der Waals surface area (Å²) in [5, 5.41) is 4.77. The lowest BCUT2D eigenvalue weighted by Crippen LogP contribution is -1.96. The average Bonchev–Trinajstić information content (AvgIpc) is 3.39. The van der Waals surface area contributed by atoms with Crippen LogP contribution in [0.15, 0.2) is 146 Å². The summed E-state index contributed by atoms with van der Waals surface area (Å²) in [4.78, 5) is 14.2. The molecule has 41 heavy (non-hydrogen) atoms. The zero-order valence-electron chi connectivity index (χ0n) is 22.1. The van der Waals surface area contributed by atoms with Gasteiger partial charge in [0, 0.05) is 40.6 Å². The third-order valence-electron chi connectivity index (χ3n) is 7.71. The Balaban J connectivity index is 1.33. The number of nitrogens with zero attached hydrogens (tertiary/aromatic N) is 4. The maximum Gasteiger partial charge on any atom is 0.0899 e. The summed E-state index contributed by atoms with van der Waals surface area (Å²) in [5.41, 5.74) is 9.26. The lowest BCUT2D eigenvalue weighted by atomic mass is 9.98. The molecule has 8 aromatic rings. The molecule has 0 bridgehead atoms. The van der Waals surface area contributed by atoms with Crippen LogP contribution in [0.1, 0.15) is 0 Å². The normalized spacial score (nSPS) is 11.4. The van der Waals surface area contributed by atoms with Gasteiger partial charge in [-0.3, -0.25) is 9.97 Å². The Kier molecular flexibility index (Phi) is 5.42. The van der Waals surface area contributed by atoms with Gasteiger partial charge in [0.1, 0.15) is 0 Å². The third-order valence-corrected chi connectivity index (χ3v) is 7.71. The molecule has 4 heterocycles. The van der Waals surface area contributed by atoms with Gasteiger partial charge in [-0.2, -0.15) is 0 Å². The van der Waals surface area contributed by atoms with E-state index in [1.807, 2.05) is 36.8 Å². The van der Waals surface area contributed by atoms with Crippen molar-refractivity contribution in [1.82, 2.24) is 19.5 Å². The first-order valence-corrected chi connectivity index (χ1v) is 13.7. The molecule has 0 unspecified atom stereocenters. The summed E-state index contributed by atoms with van der Waals surface area (Å²) in [6.45, 7) is 0. The van der Waals surface area contributed by atoms with Crippen molar-refractivity contribution in [2.24, 2.45) is 0 Å². The number of para-hydroxylation sites is 1. The van der Waals surface area contributed by atoms with Crippen molar-refractivity contribution in [3.05, 3.63) is 146 Å². The molecule has 0 atom stereocenters. The van der Waals surface area contributed by atoms with E-state index in [0.717, 1.165) is 55.9 Å². The van der Waals surface area contributed by atoms with Crippen LogP contribution in [0.25, 0.3) is 72.0 Å². The number of fused-ring (bicyclic) bond motifs is 4. The number of hydrogen-bond acceptors (Lipinski definition) is 3. The third kappa shape index (κ3) is 4.05. The second-order valence-corrected chi connectivity index (χ2v) is 10.2. The molecule has 4 nitrogen and oxygen atoms in total. The van der Waals surface area contributed by atoms with E-state index in [1.165, 1.54) is 16.2 Å². The van der Waals surface area contributed by atoms with Crippen LogP contribution in [-0.2, 0) is 0 Å². The molecule has 0 saturated carbocycles. The predicted octanol–water partition coefficient (Wildman–Crippen LogP) is 9.12. The van der Waals surface area contributed by atoms with Crippen LogP contribution in [-0.4, -0.2) is 19.5 Å². The van der Waals surface area contributed by atoms with Gasteiger partial charge in [0.05, 0.1) is 28.1 Å². The molecule has 0 aliphatic rings. The Morgan fingerprint density at radius 2 is 1.29 bits per heavy atom. The second kappa shape index (κ2) is 9.54. The minimum absolute atomic E-state index is 0.847. The number of aromatic nitrogens is 4. The van der Waals surface area contributed by atoms with Crippen molar-refractivity contribution in [2.75, 3.05) is 0 Å². The average molecular weight is 525 g/mol. The SMILES string of the molecule is c1ccc(-c2cc(-c3ccc4ccccc4c3)cc(-c3cccc(-n4c5ccccc5c5cnccc54)c3)n2)nc1. The summed E-state index contributed by atoms with van der Waals surface area (Å²) in [5.74, 6) is 0. The topological polar surface area (TPSA) is 43.6 Å². The monoisotopic (exact) mass is 524 g/mol. The van der Waals surface area contributed by atoms with Crippen LogP contribution in [0.3, 0.4) is 0 Å². The van der Waals surface area contributed by atoms with Crippen LogP contribution in [0, 0.1) is 0 Å². The van der Waals surface area contributed by atoms with Crippen LogP contribution < -0.4 is 0 Å². The minimum Gasteiger partial charge on any atom is -0.309 e. The molecule has 0 fully saturated rings. The van der Waals surface area contributed by atoms with Gasteiger partial charge in [0.25, 0.3) is 0 Å². The summed E-state index contributed by atoms with van der Waals surface area (Å²) < 4.78 is 2.31. The fourth-order valence-corrected chi connectivity index (χ4v) is 5.76. The van der Waals surface area contributed by atoms with Gasteiger partial charge in [-0.15, -0.1) is 0 Å². The number of pyridine rings is 3. The maximum absolute atomic E-state index is 5.13. The summed E-state index contributed by atoms with van der Waals surface area (Å²) in [6.07, 6.45) is 5.62. The van der Waals surface area contributed by atoms with Crippen molar-refractivity contribution in [2.45, 2.75) is 0 Å². The largest absolute Gasteiger partial charge is 0.309 e. The van der Waals surface area contributed by atoms with Gasteiger partial charge in [-0.05, 0) is 76.5 Å². The lowest BCUT2D eigenvalue weighted by molar-refractivity contribution is 1.17. The van der Waals surface area contributed by atoms with Gasteiger partial charge in [0.2, 0.25) is 0 Å². The molecule has 0 aliphatic heterocycles. The Labute approximate surface area is 237 Å². The number of benzene rings is 4. The van der Waals surface area contributed by atoms with Gasteiger partial charge < -0.3 is 4.57 Å². The number of hydrogen-bond donors (Lipinski definition) is 0.